The number of carbonyl (C=O) groups is 1. The summed E-state index contributed by atoms with van der Waals surface area (Å²) >= 11 is 6.17. The number of rotatable bonds is 6. The lowest BCUT2D eigenvalue weighted by molar-refractivity contribution is 0.0977. The summed E-state index contributed by atoms with van der Waals surface area (Å²) in [5.41, 5.74) is 3.50. The number of hydrogen-bond donors (Lipinski definition) is 2. The summed E-state index contributed by atoms with van der Waals surface area (Å²) < 4.78 is 0. The first-order valence-electron chi connectivity index (χ1n) is 9.93. The van der Waals surface area contributed by atoms with Gasteiger partial charge in [0.15, 0.2) is 0 Å². The molecule has 154 valence electrons. The summed E-state index contributed by atoms with van der Waals surface area (Å²) in [5, 5.41) is 6.44. The monoisotopic (exact) mass is 420 g/mol. The van der Waals surface area contributed by atoms with E-state index in [2.05, 4.69) is 46.6 Å². The van der Waals surface area contributed by atoms with Crippen molar-refractivity contribution in [2.75, 3.05) is 5.32 Å². The number of anilines is 1. The van der Waals surface area contributed by atoms with Crippen LogP contribution in [0.1, 0.15) is 47.7 Å². The topological polar surface area (TPSA) is 66.4 Å². The average molecular weight is 421 g/mol. The summed E-state index contributed by atoms with van der Waals surface area (Å²) in [5.74, 6) is 0.532. The number of carbonyl (C=O) groups excluding carboxylic acids is 1. The Balaban J connectivity index is 1.80. The second-order valence-electron chi connectivity index (χ2n) is 7.01. The molecule has 0 aliphatic carbocycles. The Bertz CT molecular complexity index is 1000. The molecule has 1 heterocycles. The summed E-state index contributed by atoms with van der Waals surface area (Å²) in [6.07, 6.45) is 4.51. The molecule has 0 radical (unpaired) electrons. The fraction of sp³-hybridized carbons (Fsp3) is 0.208. The first-order valence-corrected chi connectivity index (χ1v) is 10.3. The van der Waals surface area contributed by atoms with E-state index < -0.39 is 0 Å². The van der Waals surface area contributed by atoms with Crippen molar-refractivity contribution in [2.45, 2.75) is 32.7 Å². The van der Waals surface area contributed by atoms with Gasteiger partial charge in [0.1, 0.15) is 0 Å². The zero-order valence-electron chi connectivity index (χ0n) is 17.1. The molecule has 1 unspecified atom stereocenters. The van der Waals surface area contributed by atoms with Gasteiger partial charge < -0.3 is 5.32 Å². The Hall–Kier alpha value is -3.18. The highest BCUT2D eigenvalue weighted by Gasteiger charge is 2.13. The molecule has 0 bridgehead atoms. The van der Waals surface area contributed by atoms with E-state index in [1.807, 2.05) is 24.3 Å². The van der Waals surface area contributed by atoms with Crippen LogP contribution in [0, 0.1) is 0 Å². The molecule has 30 heavy (non-hydrogen) atoms. The smallest absolute Gasteiger partial charge is 0.259 e. The maximum Gasteiger partial charge on any atom is 0.259 e. The molecule has 3 rings (SSSR count). The number of amides is 1. The van der Waals surface area contributed by atoms with Crippen LogP contribution in [0.2, 0.25) is 5.02 Å². The third kappa shape index (κ3) is 5.91. The predicted molar refractivity (Wildman–Crippen MR) is 123 cm³/mol. The molecule has 0 spiro atoms. The Kier molecular flexibility index (Phi) is 7.57. The molecule has 0 saturated carbocycles. The minimum absolute atomic E-state index is 0.321. The molecule has 6 heteroatoms. The third-order valence-electron chi connectivity index (χ3n) is 4.87. The van der Waals surface area contributed by atoms with Gasteiger partial charge >= 0.3 is 0 Å². The number of nitrogens with zero attached hydrogens (tertiary/aromatic N) is 2. The summed E-state index contributed by atoms with van der Waals surface area (Å²) in [6.45, 7) is 4.78. The fourth-order valence-corrected chi connectivity index (χ4v) is 3.08. The number of benzene rings is 2. The quantitative estimate of drug-likeness (QED) is 0.400. The number of aromatic nitrogens is 1. The standard InChI is InChI=1S/C24H25ClN4O/c1-3-17(2)19-8-10-20(11-9-19)28-24(27-16-18-12-14-26-15-13-18)29-23(30)21-6-4-5-7-22(21)25/h4-15,17H,3,16H2,1-2H3,(H2,27,28,29,30). The Morgan fingerprint density at radius 1 is 1.07 bits per heavy atom. The van der Waals surface area contributed by atoms with E-state index in [1.54, 1.807) is 36.7 Å². The lowest BCUT2D eigenvalue weighted by Gasteiger charge is -2.14. The lowest BCUT2D eigenvalue weighted by atomic mass is 9.99. The predicted octanol–water partition coefficient (Wildman–Crippen LogP) is 5.65. The zero-order chi connectivity index (χ0) is 21.3. The van der Waals surface area contributed by atoms with Crippen LogP contribution in [0.25, 0.3) is 0 Å². The van der Waals surface area contributed by atoms with E-state index in [-0.39, 0.29) is 5.91 Å². The summed E-state index contributed by atoms with van der Waals surface area (Å²) in [7, 11) is 0. The van der Waals surface area contributed by atoms with Crippen LogP contribution in [0.3, 0.4) is 0 Å². The number of pyridine rings is 1. The van der Waals surface area contributed by atoms with E-state index in [0.717, 1.165) is 17.7 Å². The minimum atomic E-state index is -0.321. The fourth-order valence-electron chi connectivity index (χ4n) is 2.86. The molecular formula is C24H25ClN4O. The lowest BCUT2D eigenvalue weighted by Crippen LogP contribution is -2.36. The van der Waals surface area contributed by atoms with Gasteiger partial charge in [-0.1, -0.05) is 49.7 Å². The molecule has 0 fully saturated rings. The maximum absolute atomic E-state index is 12.7. The highest BCUT2D eigenvalue weighted by Crippen LogP contribution is 2.20. The van der Waals surface area contributed by atoms with Crippen LogP contribution < -0.4 is 10.6 Å². The Morgan fingerprint density at radius 3 is 2.43 bits per heavy atom. The van der Waals surface area contributed by atoms with Gasteiger partial charge in [0.2, 0.25) is 5.96 Å². The average Bonchev–Trinajstić information content (AvgIpc) is 2.78. The van der Waals surface area contributed by atoms with Crippen molar-refractivity contribution >= 4 is 29.2 Å². The molecule has 2 aromatic carbocycles. The van der Waals surface area contributed by atoms with E-state index in [0.29, 0.717) is 29.0 Å². The van der Waals surface area contributed by atoms with Crippen molar-refractivity contribution in [1.82, 2.24) is 10.3 Å². The van der Waals surface area contributed by atoms with Crippen LogP contribution >= 0.6 is 11.6 Å². The maximum atomic E-state index is 12.7. The van der Waals surface area contributed by atoms with Crippen molar-refractivity contribution in [3.05, 3.63) is 94.8 Å². The van der Waals surface area contributed by atoms with E-state index in [4.69, 9.17) is 11.6 Å². The second kappa shape index (κ2) is 10.6. The number of halogens is 1. The normalized spacial score (nSPS) is 12.3. The van der Waals surface area contributed by atoms with Gasteiger partial charge in [-0.2, -0.15) is 0 Å². The molecule has 5 nitrogen and oxygen atoms in total. The highest BCUT2D eigenvalue weighted by atomic mass is 35.5. The molecular weight excluding hydrogens is 396 g/mol. The Morgan fingerprint density at radius 2 is 1.77 bits per heavy atom. The van der Waals surface area contributed by atoms with Crippen LogP contribution in [0.5, 0.6) is 0 Å². The van der Waals surface area contributed by atoms with Crippen molar-refractivity contribution in [1.29, 1.82) is 0 Å². The van der Waals surface area contributed by atoms with Crippen molar-refractivity contribution in [3.63, 3.8) is 0 Å². The van der Waals surface area contributed by atoms with Gasteiger partial charge in [-0.25, -0.2) is 4.99 Å². The van der Waals surface area contributed by atoms with Crippen molar-refractivity contribution in [3.8, 4) is 0 Å². The SMILES string of the molecule is CCC(C)c1ccc(NC(=NCc2ccncc2)NC(=O)c2ccccc2Cl)cc1. The van der Waals surface area contributed by atoms with Gasteiger partial charge in [0.25, 0.3) is 5.91 Å². The van der Waals surface area contributed by atoms with E-state index in [1.165, 1.54) is 5.56 Å². The van der Waals surface area contributed by atoms with Crippen molar-refractivity contribution in [2.24, 2.45) is 4.99 Å². The summed E-state index contributed by atoms with van der Waals surface area (Å²) in [4.78, 5) is 21.3. The summed E-state index contributed by atoms with van der Waals surface area (Å²) in [6, 6.07) is 18.9. The number of aliphatic imine (C=N–C) groups is 1. The molecule has 2 N–H and O–H groups in total. The van der Waals surface area contributed by atoms with Crippen LogP contribution in [-0.4, -0.2) is 16.9 Å². The van der Waals surface area contributed by atoms with Gasteiger partial charge in [0, 0.05) is 18.1 Å². The molecule has 1 atom stereocenters. The van der Waals surface area contributed by atoms with E-state index >= 15 is 0 Å². The number of guanidine groups is 1. The van der Waals surface area contributed by atoms with Crippen molar-refractivity contribution < 1.29 is 4.79 Å². The minimum Gasteiger partial charge on any atom is -0.326 e. The van der Waals surface area contributed by atoms with E-state index in [9.17, 15) is 4.79 Å². The van der Waals surface area contributed by atoms with Gasteiger partial charge in [-0.3, -0.25) is 15.1 Å². The molecule has 3 aromatic rings. The number of hydrogen-bond acceptors (Lipinski definition) is 3. The molecule has 1 aromatic heterocycles. The third-order valence-corrected chi connectivity index (χ3v) is 5.20. The number of nitrogens with one attached hydrogen (secondary N) is 2. The van der Waals surface area contributed by atoms with Gasteiger partial charge in [0.05, 0.1) is 17.1 Å². The molecule has 1 amide bonds. The van der Waals surface area contributed by atoms with Crippen LogP contribution in [-0.2, 0) is 6.54 Å². The van der Waals surface area contributed by atoms with Gasteiger partial charge in [-0.15, -0.1) is 0 Å². The van der Waals surface area contributed by atoms with Crippen LogP contribution in [0.4, 0.5) is 5.69 Å². The first kappa shape index (κ1) is 21.5. The van der Waals surface area contributed by atoms with Gasteiger partial charge in [-0.05, 0) is 59.9 Å². The molecule has 0 saturated heterocycles. The first-order chi connectivity index (χ1) is 14.6. The Labute approximate surface area is 182 Å². The zero-order valence-corrected chi connectivity index (χ0v) is 17.9. The second-order valence-corrected chi connectivity index (χ2v) is 7.42. The van der Waals surface area contributed by atoms with Crippen LogP contribution in [0.15, 0.2) is 78.0 Å². The highest BCUT2D eigenvalue weighted by molar-refractivity contribution is 6.34. The molecule has 0 aliphatic heterocycles. The largest absolute Gasteiger partial charge is 0.326 e. The molecule has 0 aliphatic rings.